The fourth-order valence-corrected chi connectivity index (χ4v) is 4.81. The van der Waals surface area contributed by atoms with E-state index in [0.29, 0.717) is 6.61 Å². The smallest absolute Gasteiger partial charge is 0.104 e. The third kappa shape index (κ3) is 5.06. The number of epoxide rings is 1. The lowest BCUT2D eigenvalue weighted by atomic mass is 10.1. The van der Waals surface area contributed by atoms with Crippen LogP contribution in [0.25, 0.3) is 22.2 Å². The first-order chi connectivity index (χ1) is 17.8. The van der Waals surface area contributed by atoms with E-state index >= 15 is 0 Å². The van der Waals surface area contributed by atoms with Crippen LogP contribution in [0.1, 0.15) is 0 Å². The van der Waals surface area contributed by atoms with E-state index in [1.807, 2.05) is 0 Å². The molecular formula is C32H30N2O2. The standard InChI is InChI=1S/C32H30N2O2/c1-4-12-25(13-5-1)32-20-26-14-10-11-19-31(26)34(32)22-29(35-23-30-24-36-30)21-33(27-15-6-2-7-16-27)28-17-8-3-9-18-28/h1-20,29-30H,21-24H2/t29-,30+/m0/s1. The van der Waals surface area contributed by atoms with Crippen LogP contribution in [-0.2, 0) is 16.0 Å². The number of anilines is 2. The van der Waals surface area contributed by atoms with Gasteiger partial charge in [0.05, 0.1) is 32.4 Å². The normalized spacial score (nSPS) is 15.6. The molecule has 4 heteroatoms. The van der Waals surface area contributed by atoms with Crippen molar-refractivity contribution in [3.63, 3.8) is 0 Å². The number of hydrogen-bond acceptors (Lipinski definition) is 3. The molecule has 0 saturated carbocycles. The lowest BCUT2D eigenvalue weighted by Gasteiger charge is -2.30. The van der Waals surface area contributed by atoms with Crippen LogP contribution >= 0.6 is 0 Å². The molecule has 1 aliphatic rings. The number of hydrogen-bond donors (Lipinski definition) is 0. The van der Waals surface area contributed by atoms with Gasteiger partial charge in [0.2, 0.25) is 0 Å². The first-order valence-electron chi connectivity index (χ1n) is 12.6. The molecule has 2 heterocycles. The second kappa shape index (κ2) is 10.4. The van der Waals surface area contributed by atoms with Gasteiger partial charge in [-0.25, -0.2) is 0 Å². The zero-order chi connectivity index (χ0) is 24.2. The van der Waals surface area contributed by atoms with Crippen molar-refractivity contribution < 1.29 is 9.47 Å². The molecule has 5 aromatic rings. The molecule has 0 aliphatic carbocycles. The Kier molecular flexibility index (Phi) is 6.53. The van der Waals surface area contributed by atoms with Crippen LogP contribution in [0.5, 0.6) is 0 Å². The molecule has 1 aromatic heterocycles. The fourth-order valence-electron chi connectivity index (χ4n) is 4.81. The molecule has 4 aromatic carbocycles. The molecule has 36 heavy (non-hydrogen) atoms. The van der Waals surface area contributed by atoms with Gasteiger partial charge in [-0.1, -0.05) is 84.9 Å². The van der Waals surface area contributed by atoms with Gasteiger partial charge in [0.25, 0.3) is 0 Å². The molecular weight excluding hydrogens is 444 g/mol. The molecule has 1 saturated heterocycles. The van der Waals surface area contributed by atoms with E-state index in [0.717, 1.165) is 31.1 Å². The molecule has 0 spiro atoms. The average molecular weight is 475 g/mol. The predicted octanol–water partition coefficient (Wildman–Crippen LogP) is 6.93. The van der Waals surface area contributed by atoms with Crippen molar-refractivity contribution in [3.8, 4) is 11.3 Å². The zero-order valence-corrected chi connectivity index (χ0v) is 20.2. The average Bonchev–Trinajstić information content (AvgIpc) is 3.71. The lowest BCUT2D eigenvalue weighted by Crippen LogP contribution is -2.35. The molecule has 180 valence electrons. The van der Waals surface area contributed by atoms with E-state index in [9.17, 15) is 0 Å². The molecule has 0 radical (unpaired) electrons. The molecule has 0 bridgehead atoms. The van der Waals surface area contributed by atoms with Crippen LogP contribution in [0.2, 0.25) is 0 Å². The van der Waals surface area contributed by atoms with Crippen molar-refractivity contribution in [1.82, 2.24) is 4.57 Å². The lowest BCUT2D eigenvalue weighted by molar-refractivity contribution is 0.0385. The van der Waals surface area contributed by atoms with Crippen molar-refractivity contribution in [2.45, 2.75) is 18.8 Å². The summed E-state index contributed by atoms with van der Waals surface area (Å²) in [4.78, 5) is 2.35. The third-order valence-electron chi connectivity index (χ3n) is 6.71. The summed E-state index contributed by atoms with van der Waals surface area (Å²) in [6, 6.07) is 42.6. The van der Waals surface area contributed by atoms with Crippen molar-refractivity contribution >= 4 is 22.3 Å². The predicted molar refractivity (Wildman–Crippen MR) is 147 cm³/mol. The van der Waals surface area contributed by atoms with Gasteiger partial charge in [-0.2, -0.15) is 0 Å². The Morgan fingerprint density at radius 2 is 1.36 bits per heavy atom. The van der Waals surface area contributed by atoms with Crippen LogP contribution in [-0.4, -0.2) is 36.5 Å². The Bertz CT molecular complexity index is 1360. The summed E-state index contributed by atoms with van der Waals surface area (Å²) < 4.78 is 14.5. The van der Waals surface area contributed by atoms with Crippen LogP contribution in [0.3, 0.4) is 0 Å². The highest BCUT2D eigenvalue weighted by molar-refractivity contribution is 5.87. The van der Waals surface area contributed by atoms with Crippen LogP contribution in [0.15, 0.2) is 121 Å². The molecule has 2 atom stereocenters. The van der Waals surface area contributed by atoms with Crippen LogP contribution < -0.4 is 4.90 Å². The molecule has 0 N–H and O–H groups in total. The minimum absolute atomic E-state index is 0.0483. The Morgan fingerprint density at radius 3 is 2.00 bits per heavy atom. The van der Waals surface area contributed by atoms with E-state index < -0.39 is 0 Å². The van der Waals surface area contributed by atoms with E-state index in [4.69, 9.17) is 9.47 Å². The third-order valence-corrected chi connectivity index (χ3v) is 6.71. The van der Waals surface area contributed by atoms with Gasteiger partial charge >= 0.3 is 0 Å². The monoisotopic (exact) mass is 474 g/mol. The van der Waals surface area contributed by atoms with E-state index in [1.165, 1.54) is 22.2 Å². The highest BCUT2D eigenvalue weighted by atomic mass is 16.6. The summed E-state index contributed by atoms with van der Waals surface area (Å²) >= 11 is 0. The highest BCUT2D eigenvalue weighted by Gasteiger charge is 2.26. The summed E-state index contributed by atoms with van der Waals surface area (Å²) in [5.74, 6) is 0. The van der Waals surface area contributed by atoms with Gasteiger partial charge in [-0.15, -0.1) is 0 Å². The van der Waals surface area contributed by atoms with Crippen molar-refractivity contribution in [1.29, 1.82) is 0 Å². The largest absolute Gasteiger partial charge is 0.372 e. The number of ether oxygens (including phenoxy) is 2. The summed E-state index contributed by atoms with van der Waals surface area (Å²) in [5, 5.41) is 1.24. The van der Waals surface area contributed by atoms with E-state index in [1.54, 1.807) is 0 Å². The summed E-state index contributed by atoms with van der Waals surface area (Å²) in [7, 11) is 0. The number of benzene rings is 4. The maximum absolute atomic E-state index is 6.57. The number of nitrogens with zero attached hydrogens (tertiary/aromatic N) is 2. The summed E-state index contributed by atoms with van der Waals surface area (Å²) in [5.41, 5.74) is 5.94. The second-order valence-corrected chi connectivity index (χ2v) is 9.26. The first-order valence-corrected chi connectivity index (χ1v) is 12.6. The topological polar surface area (TPSA) is 29.9 Å². The van der Waals surface area contributed by atoms with Gasteiger partial charge < -0.3 is 18.9 Å². The summed E-state index contributed by atoms with van der Waals surface area (Å²) in [6.07, 6.45) is 0.164. The molecule has 1 fully saturated rings. The van der Waals surface area contributed by atoms with Gasteiger partial charge in [-0.3, -0.25) is 0 Å². The SMILES string of the molecule is c1ccc(-c2cc3ccccc3n2C[C@H](CN(c2ccccc2)c2ccccc2)OC[C@@H]2CO2)cc1. The minimum Gasteiger partial charge on any atom is -0.372 e. The maximum Gasteiger partial charge on any atom is 0.104 e. The number of aromatic nitrogens is 1. The minimum atomic E-state index is -0.0483. The molecule has 1 aliphatic heterocycles. The molecule has 6 rings (SSSR count). The Balaban J connectivity index is 1.38. The quantitative estimate of drug-likeness (QED) is 0.206. The number of para-hydroxylation sites is 3. The van der Waals surface area contributed by atoms with Crippen molar-refractivity contribution in [2.24, 2.45) is 0 Å². The molecule has 0 unspecified atom stereocenters. The van der Waals surface area contributed by atoms with Crippen LogP contribution in [0, 0.1) is 0 Å². The maximum atomic E-state index is 6.57. The van der Waals surface area contributed by atoms with Gasteiger partial charge in [0.1, 0.15) is 6.10 Å². The Hall–Kier alpha value is -3.86. The number of rotatable bonds is 10. The molecule has 0 amide bonds. The Morgan fingerprint density at radius 1 is 0.778 bits per heavy atom. The van der Waals surface area contributed by atoms with Gasteiger partial charge in [-0.05, 0) is 42.0 Å². The van der Waals surface area contributed by atoms with E-state index in [2.05, 4.69) is 131 Å². The zero-order valence-electron chi connectivity index (χ0n) is 20.2. The van der Waals surface area contributed by atoms with Crippen molar-refractivity contribution in [2.75, 3.05) is 24.7 Å². The van der Waals surface area contributed by atoms with Gasteiger partial charge in [0, 0.05) is 28.0 Å². The second-order valence-electron chi connectivity index (χ2n) is 9.26. The Labute approximate surface area is 212 Å². The van der Waals surface area contributed by atoms with Crippen molar-refractivity contribution in [3.05, 3.63) is 121 Å². The van der Waals surface area contributed by atoms with Gasteiger partial charge in [0.15, 0.2) is 0 Å². The molecule has 4 nitrogen and oxygen atoms in total. The first kappa shape index (κ1) is 22.6. The number of fused-ring (bicyclic) bond motifs is 1. The highest BCUT2D eigenvalue weighted by Crippen LogP contribution is 2.31. The van der Waals surface area contributed by atoms with Crippen LogP contribution in [0.4, 0.5) is 11.4 Å². The summed E-state index contributed by atoms with van der Waals surface area (Å²) in [6.45, 7) is 2.86. The van der Waals surface area contributed by atoms with E-state index in [-0.39, 0.29) is 12.2 Å². The fraction of sp³-hybridized carbons (Fsp3) is 0.188.